The molecule has 0 unspecified atom stereocenters. The second-order valence-electron chi connectivity index (χ2n) is 8.00. The van der Waals surface area contributed by atoms with Gasteiger partial charge in [0.2, 0.25) is 24.4 Å². The molecule has 0 aromatic carbocycles. The Hall–Kier alpha value is -4.11. The third-order valence-electron chi connectivity index (χ3n) is 4.28. The Morgan fingerprint density at radius 3 is 0.963 bits per heavy atom. The summed E-state index contributed by atoms with van der Waals surface area (Å²) in [6.07, 6.45) is -5.25. The van der Waals surface area contributed by atoms with Crippen LogP contribution in [0.25, 0.3) is 0 Å². The van der Waals surface area contributed by atoms with Crippen molar-refractivity contribution in [2.75, 3.05) is 38.6 Å². The monoisotopic (exact) mass is 874 g/mol. The minimum absolute atomic E-state index is 0. The maximum atomic E-state index is 11.9. The number of nitrogens with one attached hydrogen (secondary N) is 2. The number of rotatable bonds is 8. The van der Waals surface area contributed by atoms with Gasteiger partial charge in [-0.15, -0.1) is 0 Å². The van der Waals surface area contributed by atoms with Gasteiger partial charge in [0, 0.05) is 20.8 Å². The standard InChI is InChI=1S/C17H21N3O12P2.3C2H3N.2BF4.Fe/c1-25-14(21)10-11(15(22)26-2)30-33(29-10)19-8-6-5-7-9(18-8)20-34-31-12(16(23)27-3)13(32-34)17(24)28-4;3*1-2-3;2*2-1(3,4)5;/h5-7,10-13H,1-4H3,(H2,18,19,20);3*1H3;;;/q;;;;2*-1;+2/t10-,11-,12-,13-;;;;;;/m0....../s1. The predicted octanol–water partition coefficient (Wildman–Crippen LogP) is 4.81. The molecule has 18 nitrogen and oxygen atoms in total. The van der Waals surface area contributed by atoms with Gasteiger partial charge in [-0.05, 0) is 12.1 Å². The van der Waals surface area contributed by atoms with Gasteiger partial charge in [-0.1, -0.05) is 6.07 Å². The van der Waals surface area contributed by atoms with Gasteiger partial charge >= 0.3 is 55.5 Å². The van der Waals surface area contributed by atoms with E-state index in [0.29, 0.717) is 0 Å². The summed E-state index contributed by atoms with van der Waals surface area (Å²) in [6, 6.07) is 9.99. The van der Waals surface area contributed by atoms with Crippen LogP contribution in [0.1, 0.15) is 20.8 Å². The fourth-order valence-electron chi connectivity index (χ4n) is 2.67. The number of carbonyl (C=O) groups is 4. The maximum Gasteiger partial charge on any atom is 2.00 e. The summed E-state index contributed by atoms with van der Waals surface area (Å²) in [5, 5.41) is 27.6. The molecule has 2 aliphatic heterocycles. The smallest absolute Gasteiger partial charge is 0.467 e. The largest absolute Gasteiger partial charge is 2.00 e. The Balaban J connectivity index is -0.000000520. The molecule has 0 spiro atoms. The van der Waals surface area contributed by atoms with E-state index in [0.717, 1.165) is 28.4 Å². The summed E-state index contributed by atoms with van der Waals surface area (Å²) in [7, 11) is -11.3. The van der Waals surface area contributed by atoms with Crippen molar-refractivity contribution >= 4 is 67.1 Å². The van der Waals surface area contributed by atoms with E-state index in [1.54, 1.807) is 36.4 Å². The van der Waals surface area contributed by atoms with Gasteiger partial charge in [-0.3, -0.25) is 18.1 Å². The molecule has 0 saturated carbocycles. The molecule has 2 N–H and O–H groups in total. The van der Waals surface area contributed by atoms with Gasteiger partial charge < -0.3 is 63.6 Å². The summed E-state index contributed by atoms with van der Waals surface area (Å²) in [6.45, 7) is 4.29. The summed E-state index contributed by atoms with van der Waals surface area (Å²) >= 11 is 0. The number of halogens is 8. The molecule has 0 aliphatic carbocycles. The van der Waals surface area contributed by atoms with E-state index in [1.165, 1.54) is 20.8 Å². The van der Waals surface area contributed by atoms with Gasteiger partial charge in [0.05, 0.1) is 46.6 Å². The van der Waals surface area contributed by atoms with Gasteiger partial charge in [-0.25, -0.2) is 24.2 Å². The van der Waals surface area contributed by atoms with Crippen molar-refractivity contribution in [3.05, 3.63) is 18.2 Å². The number of nitriles is 3. The molecule has 0 bridgehead atoms. The first-order valence-corrected chi connectivity index (χ1v) is 15.7. The van der Waals surface area contributed by atoms with Gasteiger partial charge in [0.1, 0.15) is 11.6 Å². The Morgan fingerprint density at radius 1 is 0.611 bits per heavy atom. The third-order valence-corrected chi connectivity index (χ3v) is 6.78. The number of esters is 4. The number of carbonyl (C=O) groups excluding carboxylic acids is 4. The molecule has 0 amide bonds. The summed E-state index contributed by atoms with van der Waals surface area (Å²) in [5.41, 5.74) is 0. The summed E-state index contributed by atoms with van der Waals surface area (Å²) in [4.78, 5) is 51.9. The second-order valence-corrected chi connectivity index (χ2v) is 10.3. The zero-order chi connectivity index (χ0) is 41.9. The van der Waals surface area contributed by atoms with Crippen LogP contribution in [-0.4, -0.2) is 96.2 Å². The van der Waals surface area contributed by atoms with Crippen molar-refractivity contribution in [3.63, 3.8) is 0 Å². The number of anilines is 2. The average Bonchev–Trinajstić information content (AvgIpc) is 3.67. The first-order valence-electron chi connectivity index (χ1n) is 13.3. The van der Waals surface area contributed by atoms with Crippen LogP contribution in [0.15, 0.2) is 18.2 Å². The number of pyridine rings is 1. The van der Waals surface area contributed by atoms with Crippen molar-refractivity contribution in [2.24, 2.45) is 0 Å². The van der Waals surface area contributed by atoms with Crippen molar-refractivity contribution in [1.29, 1.82) is 15.8 Å². The molecule has 3 rings (SSSR count). The van der Waals surface area contributed by atoms with Crippen LogP contribution in [-0.2, 0) is 73.3 Å². The average molecular weight is 874 g/mol. The number of ether oxygens (including phenoxy) is 4. The van der Waals surface area contributed by atoms with E-state index in [9.17, 15) is 53.7 Å². The Bertz CT molecular complexity index is 1260. The van der Waals surface area contributed by atoms with Crippen LogP contribution in [0.2, 0.25) is 0 Å². The Kier molecular flexibility index (Phi) is 31.7. The van der Waals surface area contributed by atoms with Gasteiger partial charge in [0.25, 0.3) is 17.1 Å². The van der Waals surface area contributed by atoms with Gasteiger partial charge in [-0.2, -0.15) is 15.8 Å². The van der Waals surface area contributed by atoms with E-state index in [2.05, 4.69) is 34.1 Å². The first kappa shape index (κ1) is 56.6. The van der Waals surface area contributed by atoms with Crippen molar-refractivity contribution in [2.45, 2.75) is 45.2 Å². The van der Waals surface area contributed by atoms with Crippen LogP contribution in [0.5, 0.6) is 0 Å². The zero-order valence-electron chi connectivity index (χ0n) is 28.7. The number of methoxy groups -OCH3 is 4. The molecule has 304 valence electrons. The van der Waals surface area contributed by atoms with E-state index in [4.69, 9.17) is 33.9 Å². The van der Waals surface area contributed by atoms with Crippen LogP contribution in [0, 0.1) is 34.0 Å². The summed E-state index contributed by atoms with van der Waals surface area (Å²) < 4.78 is 118. The van der Waals surface area contributed by atoms with Crippen molar-refractivity contribution < 1.29 is 108 Å². The zero-order valence-corrected chi connectivity index (χ0v) is 31.5. The molecule has 3 heterocycles. The number of aromatic nitrogens is 1. The Labute approximate surface area is 315 Å². The van der Waals surface area contributed by atoms with Crippen LogP contribution in [0.4, 0.5) is 46.2 Å². The molecule has 2 saturated heterocycles. The number of hydrogen-bond acceptors (Lipinski definition) is 18. The molecule has 1 aromatic rings. The molecule has 4 atom stereocenters. The molecule has 0 radical (unpaired) electrons. The molecular formula is C23H30B2F8FeN6O12P2. The van der Waals surface area contributed by atoms with Gasteiger partial charge in [0.15, 0.2) is 0 Å². The third kappa shape index (κ3) is 27.5. The number of nitrogens with zero attached hydrogens (tertiary/aromatic N) is 4. The fourth-order valence-corrected chi connectivity index (χ4v) is 5.21. The molecule has 54 heavy (non-hydrogen) atoms. The van der Waals surface area contributed by atoms with Crippen molar-refractivity contribution in [1.82, 2.24) is 4.98 Å². The summed E-state index contributed by atoms with van der Waals surface area (Å²) in [5.74, 6) is -2.72. The normalized spacial score (nSPS) is 18.3. The van der Waals surface area contributed by atoms with E-state index in [-0.39, 0.29) is 28.7 Å². The molecular weight excluding hydrogens is 844 g/mol. The molecule has 2 fully saturated rings. The minimum Gasteiger partial charge on any atom is -0.467 e. The fraction of sp³-hybridized carbons (Fsp3) is 0.478. The second kappa shape index (κ2) is 30.2. The van der Waals surface area contributed by atoms with E-state index >= 15 is 0 Å². The Morgan fingerprint density at radius 2 is 0.796 bits per heavy atom. The topological polar surface area (TPSA) is 250 Å². The molecule has 2 aliphatic rings. The van der Waals surface area contributed by atoms with Crippen LogP contribution in [0.3, 0.4) is 0 Å². The SMILES string of the molecule is CC#N.CC#N.CC#N.COC(=O)[C@H]1OP(Nc2cccc(NP3O[C@H](C(=O)OC)[C@@H](C(=O)OC)O3)n2)O[C@@H]1C(=O)OC.F[B-](F)(F)F.F[B-](F)(F)F.[Fe+2]. The molecule has 1 aromatic heterocycles. The quantitative estimate of drug-likeness (QED) is 0.117. The first-order chi connectivity index (χ1) is 24.5. The van der Waals surface area contributed by atoms with Crippen molar-refractivity contribution in [3.8, 4) is 18.2 Å². The predicted molar refractivity (Wildman–Crippen MR) is 167 cm³/mol. The van der Waals surface area contributed by atoms with E-state index < -0.39 is 79.9 Å². The molecule has 31 heteroatoms. The number of hydrogen-bond donors (Lipinski definition) is 2. The maximum absolute atomic E-state index is 11.9. The van der Waals surface area contributed by atoms with Crippen LogP contribution < -0.4 is 10.2 Å². The van der Waals surface area contributed by atoms with E-state index in [1.807, 2.05) is 0 Å². The van der Waals surface area contributed by atoms with Crippen LogP contribution >= 0.6 is 17.1 Å². The minimum atomic E-state index is -6.00.